The van der Waals surface area contributed by atoms with Crippen molar-refractivity contribution in [2.45, 2.75) is 10.5 Å². The molecule has 8 heteroatoms. The van der Waals surface area contributed by atoms with Crippen molar-refractivity contribution in [2.75, 3.05) is 7.11 Å². The molecule has 2 amide bonds. The molecule has 0 aliphatic carbocycles. The minimum atomic E-state index is -1.82. The molecule has 1 aliphatic heterocycles. The number of benzene rings is 2. The number of alkyl halides is 2. The van der Waals surface area contributed by atoms with Crippen LogP contribution in [0.2, 0.25) is 0 Å². The Morgan fingerprint density at radius 1 is 1.19 bits per heavy atom. The van der Waals surface area contributed by atoms with Crippen molar-refractivity contribution in [1.82, 2.24) is 10.6 Å². The highest BCUT2D eigenvalue weighted by Gasteiger charge is 2.50. The predicted molar refractivity (Wildman–Crippen MR) is 99.8 cm³/mol. The lowest BCUT2D eigenvalue weighted by Crippen LogP contribution is -2.58. The molecule has 3 rings (SSSR count). The molecule has 26 heavy (non-hydrogen) atoms. The number of ether oxygens (including phenoxy) is 1. The first-order chi connectivity index (χ1) is 12.5. The predicted octanol–water partition coefficient (Wildman–Crippen LogP) is 2.50. The van der Waals surface area contributed by atoms with Gasteiger partial charge in [-0.15, -0.1) is 0 Å². The van der Waals surface area contributed by atoms with Gasteiger partial charge < -0.3 is 15.4 Å². The lowest BCUT2D eigenvalue weighted by Gasteiger charge is -2.25. The number of carbonyl (C=O) groups is 2. The largest absolute Gasteiger partial charge is 0.497 e. The molecule has 0 aromatic heterocycles. The lowest BCUT2D eigenvalue weighted by atomic mass is 10.1. The van der Waals surface area contributed by atoms with E-state index >= 15 is 0 Å². The van der Waals surface area contributed by atoms with E-state index in [-0.39, 0.29) is 5.84 Å². The van der Waals surface area contributed by atoms with Crippen LogP contribution in [0.1, 0.15) is 15.9 Å². The Morgan fingerprint density at radius 3 is 2.58 bits per heavy atom. The van der Waals surface area contributed by atoms with E-state index in [4.69, 9.17) is 27.9 Å². The second-order valence-corrected chi connectivity index (χ2v) is 6.63. The van der Waals surface area contributed by atoms with Crippen LogP contribution in [-0.2, 0) is 4.79 Å². The number of hydrogen-bond acceptors (Lipinski definition) is 4. The fourth-order valence-electron chi connectivity index (χ4n) is 2.49. The van der Waals surface area contributed by atoms with Crippen molar-refractivity contribution < 1.29 is 14.3 Å². The van der Waals surface area contributed by atoms with E-state index in [2.05, 4.69) is 15.6 Å². The third-order valence-corrected chi connectivity index (χ3v) is 4.50. The summed E-state index contributed by atoms with van der Waals surface area (Å²) in [5, 5.41) is 5.18. The van der Waals surface area contributed by atoms with E-state index in [9.17, 15) is 9.59 Å². The normalized spacial score (nSPS) is 19.1. The molecule has 0 saturated heterocycles. The van der Waals surface area contributed by atoms with Crippen LogP contribution in [0.4, 0.5) is 0 Å². The van der Waals surface area contributed by atoms with Crippen LogP contribution < -0.4 is 15.4 Å². The molecule has 0 radical (unpaired) electrons. The van der Waals surface area contributed by atoms with E-state index in [0.29, 0.717) is 16.9 Å². The number of hydrogen-bond donors (Lipinski definition) is 2. The topological polar surface area (TPSA) is 79.8 Å². The molecule has 1 aliphatic rings. The Morgan fingerprint density at radius 2 is 1.92 bits per heavy atom. The van der Waals surface area contributed by atoms with Crippen molar-refractivity contribution in [2.24, 2.45) is 4.99 Å². The first kappa shape index (κ1) is 18.2. The summed E-state index contributed by atoms with van der Waals surface area (Å²) < 4.78 is 5.17. The summed E-state index contributed by atoms with van der Waals surface area (Å²) in [5.41, 5.74) is -0.866. The quantitative estimate of drug-likeness (QED) is 0.768. The third-order valence-electron chi connectivity index (χ3n) is 3.87. The maximum atomic E-state index is 12.6. The summed E-state index contributed by atoms with van der Waals surface area (Å²) in [6, 6.07) is 15.4. The van der Waals surface area contributed by atoms with Gasteiger partial charge in [-0.05, 0) is 24.3 Å². The molecule has 1 atom stereocenters. The first-order valence-electron chi connectivity index (χ1n) is 7.67. The molecule has 0 fully saturated rings. The highest BCUT2D eigenvalue weighted by molar-refractivity contribution is 6.47. The summed E-state index contributed by atoms with van der Waals surface area (Å²) in [6.07, 6.45) is 0. The van der Waals surface area contributed by atoms with Crippen LogP contribution in [-0.4, -0.2) is 35.3 Å². The molecule has 0 bridgehead atoms. The van der Waals surface area contributed by atoms with Gasteiger partial charge in [-0.3, -0.25) is 9.59 Å². The summed E-state index contributed by atoms with van der Waals surface area (Å²) >= 11 is 12.1. The van der Waals surface area contributed by atoms with Crippen LogP contribution >= 0.6 is 23.2 Å². The summed E-state index contributed by atoms with van der Waals surface area (Å²) in [7, 11) is 1.53. The number of carbonyl (C=O) groups excluding carboxylic acids is 2. The molecular weight excluding hydrogens is 377 g/mol. The Labute approximate surface area is 160 Å². The van der Waals surface area contributed by atoms with Gasteiger partial charge in [0.05, 0.1) is 7.11 Å². The monoisotopic (exact) mass is 391 g/mol. The molecule has 2 aromatic carbocycles. The van der Waals surface area contributed by atoms with Gasteiger partial charge in [0.15, 0.2) is 4.84 Å². The van der Waals surface area contributed by atoms with Gasteiger partial charge in [0.25, 0.3) is 11.8 Å². The Balaban J connectivity index is 1.96. The fraction of sp³-hybridized carbons (Fsp3) is 0.167. The standard InChI is InChI=1S/C18H15Cl2N3O3/c1-26-13-9-5-8-12(10-13)14-21-17(25)18(22-14,16(19)20)23-15(24)11-6-3-2-4-7-11/h2-10,16H,1H3,(H,23,24)(H,21,22,25)/t18-/m1/s1. The second kappa shape index (κ2) is 7.35. The first-order valence-corrected chi connectivity index (χ1v) is 8.55. The van der Waals surface area contributed by atoms with E-state index in [1.54, 1.807) is 54.6 Å². The van der Waals surface area contributed by atoms with Gasteiger partial charge in [0.2, 0.25) is 5.66 Å². The Hall–Kier alpha value is -2.57. The molecule has 2 aromatic rings. The number of amides is 2. The van der Waals surface area contributed by atoms with Gasteiger partial charge >= 0.3 is 0 Å². The van der Waals surface area contributed by atoms with Gasteiger partial charge in [0, 0.05) is 11.1 Å². The average Bonchev–Trinajstić information content (AvgIpc) is 3.00. The van der Waals surface area contributed by atoms with Gasteiger partial charge in [-0.2, -0.15) is 0 Å². The van der Waals surface area contributed by atoms with Gasteiger partial charge in [0.1, 0.15) is 11.6 Å². The van der Waals surface area contributed by atoms with Crippen molar-refractivity contribution in [3.63, 3.8) is 0 Å². The average molecular weight is 392 g/mol. The number of nitrogens with one attached hydrogen (secondary N) is 2. The van der Waals surface area contributed by atoms with E-state index in [1.165, 1.54) is 7.11 Å². The fourth-order valence-corrected chi connectivity index (χ4v) is 2.89. The maximum Gasteiger partial charge on any atom is 0.277 e. The molecule has 134 valence electrons. The molecule has 6 nitrogen and oxygen atoms in total. The lowest BCUT2D eigenvalue weighted by molar-refractivity contribution is -0.124. The molecular formula is C18H15Cl2N3O3. The summed E-state index contributed by atoms with van der Waals surface area (Å²) in [4.78, 5) is 28.1. The van der Waals surface area contributed by atoms with Crippen molar-refractivity contribution in [3.8, 4) is 5.75 Å². The van der Waals surface area contributed by atoms with E-state index in [1.807, 2.05) is 0 Å². The number of amidine groups is 1. The maximum absolute atomic E-state index is 12.6. The minimum Gasteiger partial charge on any atom is -0.497 e. The molecule has 1 heterocycles. The SMILES string of the molecule is COc1cccc(C2=N[C@@](NC(=O)c3ccccc3)(C(Cl)Cl)C(=O)N2)c1. The Bertz CT molecular complexity index is 871. The highest BCUT2D eigenvalue weighted by Crippen LogP contribution is 2.28. The number of halogens is 2. The van der Waals surface area contributed by atoms with Crippen LogP contribution in [0, 0.1) is 0 Å². The van der Waals surface area contributed by atoms with E-state index in [0.717, 1.165) is 0 Å². The van der Waals surface area contributed by atoms with Crippen LogP contribution in [0.15, 0.2) is 59.6 Å². The number of rotatable bonds is 5. The zero-order valence-corrected chi connectivity index (χ0v) is 15.2. The number of nitrogens with zero attached hydrogens (tertiary/aromatic N) is 1. The smallest absolute Gasteiger partial charge is 0.277 e. The van der Waals surface area contributed by atoms with Gasteiger partial charge in [-0.1, -0.05) is 53.5 Å². The zero-order valence-electron chi connectivity index (χ0n) is 13.7. The minimum absolute atomic E-state index is 0.244. The summed E-state index contributed by atoms with van der Waals surface area (Å²) in [5.74, 6) is -0.288. The van der Waals surface area contributed by atoms with Crippen molar-refractivity contribution in [1.29, 1.82) is 0 Å². The molecule has 2 N–H and O–H groups in total. The summed E-state index contributed by atoms with van der Waals surface area (Å²) in [6.45, 7) is 0. The van der Waals surface area contributed by atoms with Gasteiger partial charge in [-0.25, -0.2) is 4.99 Å². The Kier molecular flexibility index (Phi) is 5.15. The molecule has 0 unspecified atom stereocenters. The van der Waals surface area contributed by atoms with Crippen molar-refractivity contribution in [3.05, 3.63) is 65.7 Å². The zero-order chi connectivity index (χ0) is 18.7. The third kappa shape index (κ3) is 3.38. The number of methoxy groups -OCH3 is 1. The van der Waals surface area contributed by atoms with Crippen LogP contribution in [0.3, 0.4) is 0 Å². The van der Waals surface area contributed by atoms with Crippen LogP contribution in [0.25, 0.3) is 0 Å². The number of aliphatic imine (C=N–C) groups is 1. The second-order valence-electron chi connectivity index (χ2n) is 5.53. The molecule has 0 spiro atoms. The van der Waals surface area contributed by atoms with E-state index < -0.39 is 22.3 Å². The highest BCUT2D eigenvalue weighted by atomic mass is 35.5. The molecule has 0 saturated carbocycles. The van der Waals surface area contributed by atoms with Crippen LogP contribution in [0.5, 0.6) is 5.75 Å². The van der Waals surface area contributed by atoms with Crippen molar-refractivity contribution >= 4 is 40.9 Å².